The lowest BCUT2D eigenvalue weighted by molar-refractivity contribution is -0.0224. The largest absolute Gasteiger partial charge is 0.394 e. The van der Waals surface area contributed by atoms with Crippen molar-refractivity contribution in [3.8, 4) is 0 Å². The van der Waals surface area contributed by atoms with Gasteiger partial charge in [0.05, 0.1) is 41.3 Å². The number of carbonyl (C=O) groups is 2. The fourth-order valence-corrected chi connectivity index (χ4v) is 4.61. The number of hydrogen-bond donors (Lipinski definition) is 3. The Labute approximate surface area is 211 Å². The Morgan fingerprint density at radius 3 is 2.81 bits per heavy atom. The van der Waals surface area contributed by atoms with Gasteiger partial charge < -0.3 is 20.1 Å². The third-order valence-corrected chi connectivity index (χ3v) is 6.57. The highest BCUT2D eigenvalue weighted by Crippen LogP contribution is 2.30. The van der Waals surface area contributed by atoms with Crippen LogP contribution in [0.25, 0.3) is 11.0 Å². The molecule has 184 valence electrons. The van der Waals surface area contributed by atoms with Crippen molar-refractivity contribution in [1.29, 1.82) is 0 Å². The SMILES string of the molecule is O=C(Cc1ccc(C(=O)c2c[nH]c3ncnc(N[C@@H]4CC[C@H](CO)OC4)c23)c(Cl)c1)c1cccnc1. The molecular weight excluding hydrogens is 482 g/mol. The molecule has 1 aromatic carbocycles. The second-order valence-corrected chi connectivity index (χ2v) is 9.10. The fourth-order valence-electron chi connectivity index (χ4n) is 4.32. The average Bonchev–Trinajstić information content (AvgIpc) is 3.35. The van der Waals surface area contributed by atoms with Crippen LogP contribution >= 0.6 is 11.6 Å². The molecule has 0 saturated carbocycles. The van der Waals surface area contributed by atoms with Crippen LogP contribution in [0.2, 0.25) is 5.02 Å². The molecule has 4 aromatic rings. The Kier molecular flexibility index (Phi) is 7.04. The number of H-pyrrole nitrogens is 1. The van der Waals surface area contributed by atoms with Crippen molar-refractivity contribution in [2.45, 2.75) is 31.4 Å². The molecule has 9 nitrogen and oxygen atoms in total. The summed E-state index contributed by atoms with van der Waals surface area (Å²) in [7, 11) is 0. The first kappa shape index (κ1) is 24.1. The van der Waals surface area contributed by atoms with Gasteiger partial charge in [0.25, 0.3) is 0 Å². The Morgan fingerprint density at radius 2 is 2.08 bits per heavy atom. The van der Waals surface area contributed by atoms with E-state index in [4.69, 9.17) is 16.3 Å². The molecule has 1 aliphatic rings. The van der Waals surface area contributed by atoms with Crippen LogP contribution in [0.5, 0.6) is 0 Å². The van der Waals surface area contributed by atoms with Crippen molar-refractivity contribution in [3.05, 3.63) is 82.5 Å². The first-order valence-electron chi connectivity index (χ1n) is 11.6. The molecule has 36 heavy (non-hydrogen) atoms. The summed E-state index contributed by atoms with van der Waals surface area (Å²) >= 11 is 6.51. The van der Waals surface area contributed by atoms with Gasteiger partial charge in [0.15, 0.2) is 11.6 Å². The quantitative estimate of drug-likeness (QED) is 0.309. The van der Waals surface area contributed by atoms with E-state index in [9.17, 15) is 14.7 Å². The number of nitrogens with one attached hydrogen (secondary N) is 2. The molecule has 0 spiro atoms. The predicted molar refractivity (Wildman–Crippen MR) is 135 cm³/mol. The molecule has 2 atom stereocenters. The molecule has 3 aromatic heterocycles. The fraction of sp³-hybridized carbons (Fsp3) is 0.269. The highest BCUT2D eigenvalue weighted by atomic mass is 35.5. The van der Waals surface area contributed by atoms with E-state index >= 15 is 0 Å². The van der Waals surface area contributed by atoms with E-state index in [1.165, 1.54) is 12.5 Å². The van der Waals surface area contributed by atoms with E-state index in [-0.39, 0.29) is 41.8 Å². The van der Waals surface area contributed by atoms with Gasteiger partial charge in [0, 0.05) is 36.1 Å². The van der Waals surface area contributed by atoms with Gasteiger partial charge in [-0.2, -0.15) is 0 Å². The molecule has 1 aliphatic heterocycles. The molecule has 0 bridgehead atoms. The summed E-state index contributed by atoms with van der Waals surface area (Å²) < 4.78 is 5.66. The molecule has 0 amide bonds. The molecule has 5 rings (SSSR count). The molecule has 3 N–H and O–H groups in total. The minimum atomic E-state index is -0.283. The first-order valence-corrected chi connectivity index (χ1v) is 12.0. The topological polar surface area (TPSA) is 130 Å². The highest BCUT2D eigenvalue weighted by molar-refractivity contribution is 6.35. The molecule has 0 radical (unpaired) electrons. The van der Waals surface area contributed by atoms with Crippen molar-refractivity contribution < 1.29 is 19.4 Å². The number of rotatable bonds is 8. The van der Waals surface area contributed by atoms with E-state index in [1.807, 2.05) is 0 Å². The number of pyridine rings is 1. The summed E-state index contributed by atoms with van der Waals surface area (Å²) in [6, 6.07) is 8.42. The Morgan fingerprint density at radius 1 is 1.19 bits per heavy atom. The minimum absolute atomic E-state index is 0.00188. The van der Waals surface area contributed by atoms with Gasteiger partial charge >= 0.3 is 0 Å². The van der Waals surface area contributed by atoms with E-state index in [2.05, 4.69) is 25.3 Å². The number of aromatic nitrogens is 4. The molecule has 10 heteroatoms. The number of ether oxygens (including phenoxy) is 1. The lowest BCUT2D eigenvalue weighted by Gasteiger charge is -2.29. The van der Waals surface area contributed by atoms with E-state index in [0.717, 1.165) is 12.8 Å². The number of Topliss-reactive ketones (excluding diaryl/α,β-unsaturated/α-hetero) is 1. The number of fused-ring (bicyclic) bond motifs is 1. The zero-order chi connectivity index (χ0) is 25.1. The van der Waals surface area contributed by atoms with Crippen LogP contribution in [0.4, 0.5) is 5.82 Å². The number of hydrogen-bond acceptors (Lipinski definition) is 8. The van der Waals surface area contributed by atoms with E-state index in [0.29, 0.717) is 45.7 Å². The molecule has 0 unspecified atom stereocenters. The standard InChI is InChI=1S/C26H24ClN5O4/c27-21-8-15(9-22(34)16-2-1-7-28-10-16)3-6-19(21)24(35)20-11-29-25-23(20)26(31-14-30-25)32-17-4-5-18(12-33)36-13-17/h1-3,6-8,10-11,14,17-18,33H,4-5,9,12-13H2,(H2,29,30,31,32)/t17-,18-/m1/s1. The van der Waals surface area contributed by atoms with Gasteiger partial charge in [-0.1, -0.05) is 17.7 Å². The number of ketones is 2. The molecular formula is C26H24ClN5O4. The maximum atomic E-state index is 13.5. The lowest BCUT2D eigenvalue weighted by Crippen LogP contribution is -2.36. The second-order valence-electron chi connectivity index (χ2n) is 8.69. The summed E-state index contributed by atoms with van der Waals surface area (Å²) in [5.41, 5.74) is 2.45. The van der Waals surface area contributed by atoms with Gasteiger partial charge in [0.2, 0.25) is 0 Å². The highest BCUT2D eigenvalue weighted by Gasteiger charge is 2.25. The number of halogens is 1. The summed E-state index contributed by atoms with van der Waals surface area (Å²) in [5.74, 6) is 0.157. The normalized spacial score (nSPS) is 17.7. The Hall–Kier alpha value is -3.66. The zero-order valence-electron chi connectivity index (χ0n) is 19.3. The van der Waals surface area contributed by atoms with E-state index in [1.54, 1.807) is 42.7 Å². The van der Waals surface area contributed by atoms with Crippen molar-refractivity contribution in [2.24, 2.45) is 0 Å². The number of carbonyl (C=O) groups excluding carboxylic acids is 2. The van der Waals surface area contributed by atoms with Gasteiger partial charge in [-0.05, 0) is 42.7 Å². The van der Waals surface area contributed by atoms with Gasteiger partial charge in [0.1, 0.15) is 17.8 Å². The van der Waals surface area contributed by atoms with Gasteiger partial charge in [-0.15, -0.1) is 0 Å². The third-order valence-electron chi connectivity index (χ3n) is 6.26. The second kappa shape index (κ2) is 10.5. The van der Waals surface area contributed by atoms with Crippen LogP contribution in [-0.4, -0.2) is 62.0 Å². The van der Waals surface area contributed by atoms with Crippen molar-refractivity contribution in [3.63, 3.8) is 0 Å². The molecule has 0 aliphatic carbocycles. The minimum Gasteiger partial charge on any atom is -0.394 e. The van der Waals surface area contributed by atoms with Crippen molar-refractivity contribution in [2.75, 3.05) is 18.5 Å². The van der Waals surface area contributed by atoms with Crippen LogP contribution < -0.4 is 5.32 Å². The Bertz CT molecular complexity index is 1400. The maximum absolute atomic E-state index is 13.5. The number of aliphatic hydroxyl groups excluding tert-OH is 1. The van der Waals surface area contributed by atoms with Crippen LogP contribution in [0.3, 0.4) is 0 Å². The zero-order valence-corrected chi connectivity index (χ0v) is 20.0. The average molecular weight is 506 g/mol. The summed E-state index contributed by atoms with van der Waals surface area (Å²) in [6.45, 7) is 0.424. The maximum Gasteiger partial charge on any atom is 0.196 e. The molecule has 1 fully saturated rings. The van der Waals surface area contributed by atoms with Crippen LogP contribution in [0.1, 0.15) is 44.7 Å². The van der Waals surface area contributed by atoms with E-state index < -0.39 is 0 Å². The number of benzene rings is 1. The van der Waals surface area contributed by atoms with Gasteiger partial charge in [-0.25, -0.2) is 9.97 Å². The number of anilines is 1. The monoisotopic (exact) mass is 505 g/mol. The van der Waals surface area contributed by atoms with Crippen molar-refractivity contribution >= 4 is 40.0 Å². The first-order chi connectivity index (χ1) is 17.5. The van der Waals surface area contributed by atoms with Crippen LogP contribution in [0.15, 0.2) is 55.2 Å². The van der Waals surface area contributed by atoms with Crippen molar-refractivity contribution in [1.82, 2.24) is 19.9 Å². The number of nitrogens with zero attached hydrogens (tertiary/aromatic N) is 3. The third kappa shape index (κ3) is 4.99. The lowest BCUT2D eigenvalue weighted by atomic mass is 9.99. The predicted octanol–water partition coefficient (Wildman–Crippen LogP) is 3.61. The number of aliphatic hydroxyl groups is 1. The number of aromatic amines is 1. The van der Waals surface area contributed by atoms with Crippen LogP contribution in [0, 0.1) is 0 Å². The Balaban J connectivity index is 1.38. The smallest absolute Gasteiger partial charge is 0.196 e. The molecule has 1 saturated heterocycles. The molecule has 4 heterocycles. The summed E-state index contributed by atoms with van der Waals surface area (Å²) in [4.78, 5) is 41.7. The summed E-state index contributed by atoms with van der Waals surface area (Å²) in [6.07, 6.45) is 7.69. The van der Waals surface area contributed by atoms with Crippen LogP contribution in [-0.2, 0) is 11.2 Å². The van der Waals surface area contributed by atoms with Gasteiger partial charge in [-0.3, -0.25) is 14.6 Å². The summed E-state index contributed by atoms with van der Waals surface area (Å²) in [5, 5.41) is 13.5.